The van der Waals surface area contributed by atoms with Gasteiger partial charge >= 0.3 is 0 Å². The highest BCUT2D eigenvalue weighted by Gasteiger charge is 2.04. The molecular formula is C10H13NOS. The number of nitrogens with zero attached hydrogens (tertiary/aromatic N) is 1. The molecule has 3 heteroatoms. The molecule has 1 aromatic heterocycles. The minimum atomic E-state index is 0.856. The van der Waals surface area contributed by atoms with Gasteiger partial charge in [-0.3, -0.25) is 0 Å². The van der Waals surface area contributed by atoms with Crippen molar-refractivity contribution < 1.29 is 4.74 Å². The Labute approximate surface area is 82.4 Å². The van der Waals surface area contributed by atoms with Gasteiger partial charge in [-0.05, 0) is 17.5 Å². The summed E-state index contributed by atoms with van der Waals surface area (Å²) in [4.78, 5) is 3.61. The second-order valence-electron chi connectivity index (χ2n) is 2.98. The van der Waals surface area contributed by atoms with Crippen LogP contribution in [0, 0.1) is 0 Å². The summed E-state index contributed by atoms with van der Waals surface area (Å²) >= 11 is 1.77. The molecule has 0 bridgehead atoms. The second kappa shape index (κ2) is 4.44. The lowest BCUT2D eigenvalue weighted by molar-refractivity contribution is 0.0598. The van der Waals surface area contributed by atoms with Gasteiger partial charge in [0, 0.05) is 24.2 Å². The van der Waals surface area contributed by atoms with Gasteiger partial charge in [-0.15, -0.1) is 11.3 Å². The smallest absolute Gasteiger partial charge is 0.0642 e. The third-order valence-electron chi connectivity index (χ3n) is 2.04. The molecule has 0 aliphatic carbocycles. The summed E-state index contributed by atoms with van der Waals surface area (Å²) in [7, 11) is 0. The molecule has 1 aliphatic heterocycles. The van der Waals surface area contributed by atoms with Gasteiger partial charge in [-0.2, -0.15) is 0 Å². The first-order valence-electron chi connectivity index (χ1n) is 4.49. The first kappa shape index (κ1) is 8.78. The van der Waals surface area contributed by atoms with Crippen molar-refractivity contribution in [2.75, 3.05) is 26.3 Å². The maximum atomic E-state index is 5.26. The predicted octanol–water partition coefficient (Wildman–Crippen LogP) is 2.05. The zero-order valence-corrected chi connectivity index (χ0v) is 8.30. The van der Waals surface area contributed by atoms with Crippen molar-refractivity contribution in [3.63, 3.8) is 0 Å². The average Bonchev–Trinajstić information content (AvgIpc) is 2.69. The lowest BCUT2D eigenvalue weighted by Gasteiger charge is -2.24. The van der Waals surface area contributed by atoms with Crippen LogP contribution in [0.15, 0.2) is 23.7 Å². The summed E-state index contributed by atoms with van der Waals surface area (Å²) in [5.41, 5.74) is 0. The molecule has 70 valence electrons. The van der Waals surface area contributed by atoms with Crippen molar-refractivity contribution in [3.05, 3.63) is 28.6 Å². The topological polar surface area (TPSA) is 12.5 Å². The summed E-state index contributed by atoms with van der Waals surface area (Å²) in [6.07, 6.45) is 4.32. The fourth-order valence-corrected chi connectivity index (χ4v) is 1.90. The number of thiophene rings is 1. The van der Waals surface area contributed by atoms with Crippen LogP contribution in [-0.2, 0) is 4.74 Å². The van der Waals surface area contributed by atoms with E-state index in [0.717, 1.165) is 26.3 Å². The Bertz CT molecular complexity index is 262. The van der Waals surface area contributed by atoms with Crippen molar-refractivity contribution in [1.29, 1.82) is 0 Å². The minimum absolute atomic E-state index is 0.856. The molecular weight excluding hydrogens is 182 g/mol. The monoisotopic (exact) mass is 195 g/mol. The van der Waals surface area contributed by atoms with Gasteiger partial charge in [0.2, 0.25) is 0 Å². The highest BCUT2D eigenvalue weighted by atomic mass is 32.1. The molecule has 0 atom stereocenters. The number of morpholine rings is 1. The van der Waals surface area contributed by atoms with Gasteiger partial charge in [0.05, 0.1) is 13.2 Å². The van der Waals surface area contributed by atoms with E-state index >= 15 is 0 Å². The van der Waals surface area contributed by atoms with Crippen LogP contribution < -0.4 is 0 Å². The van der Waals surface area contributed by atoms with E-state index in [1.807, 2.05) is 0 Å². The van der Waals surface area contributed by atoms with Crippen LogP contribution in [-0.4, -0.2) is 31.2 Å². The Morgan fingerprint density at radius 2 is 2.23 bits per heavy atom. The van der Waals surface area contributed by atoms with Crippen molar-refractivity contribution in [3.8, 4) is 0 Å². The third-order valence-corrected chi connectivity index (χ3v) is 2.88. The molecule has 13 heavy (non-hydrogen) atoms. The molecule has 2 rings (SSSR count). The fraction of sp³-hybridized carbons (Fsp3) is 0.400. The van der Waals surface area contributed by atoms with E-state index in [1.54, 1.807) is 11.3 Å². The van der Waals surface area contributed by atoms with E-state index in [1.165, 1.54) is 4.88 Å². The maximum absolute atomic E-state index is 5.26. The average molecular weight is 195 g/mol. The maximum Gasteiger partial charge on any atom is 0.0642 e. The van der Waals surface area contributed by atoms with E-state index in [-0.39, 0.29) is 0 Å². The van der Waals surface area contributed by atoms with E-state index < -0.39 is 0 Å². The van der Waals surface area contributed by atoms with Gasteiger partial charge in [0.25, 0.3) is 0 Å². The lowest BCUT2D eigenvalue weighted by atomic mass is 10.4. The third kappa shape index (κ3) is 2.57. The molecule has 1 aromatic rings. The first-order valence-corrected chi connectivity index (χ1v) is 5.36. The molecule has 0 radical (unpaired) electrons. The highest BCUT2D eigenvalue weighted by Crippen LogP contribution is 2.11. The predicted molar refractivity (Wildman–Crippen MR) is 55.7 cm³/mol. The molecule has 2 heterocycles. The Hall–Kier alpha value is -0.800. The van der Waals surface area contributed by atoms with Crippen LogP contribution >= 0.6 is 11.3 Å². The quantitative estimate of drug-likeness (QED) is 0.716. The van der Waals surface area contributed by atoms with Crippen molar-refractivity contribution in [1.82, 2.24) is 4.90 Å². The summed E-state index contributed by atoms with van der Waals surface area (Å²) in [5.74, 6) is 0. The Morgan fingerprint density at radius 1 is 1.38 bits per heavy atom. The standard InChI is InChI=1S/C10H13NOS/c1-2-10(13-9-1)3-4-11-5-7-12-8-6-11/h1-4,9H,5-8H2. The molecule has 0 spiro atoms. The largest absolute Gasteiger partial charge is 0.378 e. The molecule has 2 nitrogen and oxygen atoms in total. The number of ether oxygens (including phenoxy) is 1. The fourth-order valence-electron chi connectivity index (χ4n) is 1.29. The van der Waals surface area contributed by atoms with E-state index in [0.29, 0.717) is 0 Å². The summed E-state index contributed by atoms with van der Waals surface area (Å²) in [6, 6.07) is 4.20. The van der Waals surface area contributed by atoms with Crippen LogP contribution in [0.4, 0.5) is 0 Å². The zero-order valence-electron chi connectivity index (χ0n) is 7.48. The van der Waals surface area contributed by atoms with Gasteiger partial charge in [-0.1, -0.05) is 6.07 Å². The molecule has 0 saturated carbocycles. The lowest BCUT2D eigenvalue weighted by Crippen LogP contribution is -2.31. The van der Waals surface area contributed by atoms with Crippen LogP contribution in [0.2, 0.25) is 0 Å². The van der Waals surface area contributed by atoms with Crippen molar-refractivity contribution >= 4 is 17.4 Å². The second-order valence-corrected chi connectivity index (χ2v) is 3.96. The van der Waals surface area contributed by atoms with E-state index in [4.69, 9.17) is 4.74 Å². The van der Waals surface area contributed by atoms with Crippen LogP contribution in [0.5, 0.6) is 0 Å². The summed E-state index contributed by atoms with van der Waals surface area (Å²) in [6.45, 7) is 3.74. The Kier molecular flexibility index (Phi) is 3.00. The SMILES string of the molecule is C(=CN1CCOCC1)c1cccs1. The Morgan fingerprint density at radius 3 is 2.92 bits per heavy atom. The number of hydrogen-bond acceptors (Lipinski definition) is 3. The summed E-state index contributed by atoms with van der Waals surface area (Å²) in [5, 5.41) is 2.10. The van der Waals surface area contributed by atoms with Gasteiger partial charge < -0.3 is 9.64 Å². The molecule has 1 fully saturated rings. The molecule has 0 N–H and O–H groups in total. The number of rotatable bonds is 2. The van der Waals surface area contributed by atoms with Crippen LogP contribution in [0.1, 0.15) is 4.88 Å². The normalized spacial score (nSPS) is 18.3. The highest BCUT2D eigenvalue weighted by molar-refractivity contribution is 7.10. The van der Waals surface area contributed by atoms with Gasteiger partial charge in [0.1, 0.15) is 0 Å². The summed E-state index contributed by atoms with van der Waals surface area (Å²) < 4.78 is 5.26. The molecule has 0 aromatic carbocycles. The molecule has 1 aliphatic rings. The van der Waals surface area contributed by atoms with Gasteiger partial charge in [-0.25, -0.2) is 0 Å². The molecule has 0 amide bonds. The molecule has 0 unspecified atom stereocenters. The van der Waals surface area contributed by atoms with E-state index in [9.17, 15) is 0 Å². The van der Waals surface area contributed by atoms with Crippen molar-refractivity contribution in [2.24, 2.45) is 0 Å². The van der Waals surface area contributed by atoms with Crippen LogP contribution in [0.25, 0.3) is 6.08 Å². The Balaban J connectivity index is 1.89. The van der Waals surface area contributed by atoms with Crippen molar-refractivity contribution in [2.45, 2.75) is 0 Å². The minimum Gasteiger partial charge on any atom is -0.378 e. The molecule has 1 saturated heterocycles. The number of hydrogen-bond donors (Lipinski definition) is 0. The zero-order chi connectivity index (χ0) is 8.93. The first-order chi connectivity index (χ1) is 6.45. The van der Waals surface area contributed by atoms with Gasteiger partial charge in [0.15, 0.2) is 0 Å². The van der Waals surface area contributed by atoms with Crippen LogP contribution in [0.3, 0.4) is 0 Å². The van der Waals surface area contributed by atoms with E-state index in [2.05, 4.69) is 34.7 Å².